The first kappa shape index (κ1) is 24.7. The summed E-state index contributed by atoms with van der Waals surface area (Å²) in [7, 11) is 0. The van der Waals surface area contributed by atoms with Crippen molar-refractivity contribution in [3.63, 3.8) is 0 Å². The molecule has 0 unspecified atom stereocenters. The van der Waals surface area contributed by atoms with Crippen LogP contribution in [0, 0.1) is 0 Å². The molecule has 0 radical (unpaired) electrons. The Kier molecular flexibility index (Phi) is 8.08. The number of aryl methyl sites for hydroxylation is 2. The normalized spacial score (nSPS) is 12.1. The SMILES string of the molecule is O=C(OCc1ccccc1)OC(=O)c1cc2c(cc1C(=O)OC(=O)OCc1ccccc1)CCCC2. The molecule has 0 amide bonds. The van der Waals surface area contributed by atoms with E-state index >= 15 is 0 Å². The number of benzene rings is 3. The maximum Gasteiger partial charge on any atom is 0.516 e. The van der Waals surface area contributed by atoms with Gasteiger partial charge in [-0.05, 0) is 60.1 Å². The smallest absolute Gasteiger partial charge is 0.429 e. The predicted molar refractivity (Wildman–Crippen MR) is 127 cm³/mol. The van der Waals surface area contributed by atoms with Crippen LogP contribution in [0.3, 0.4) is 0 Å². The fourth-order valence-corrected chi connectivity index (χ4v) is 3.88. The van der Waals surface area contributed by atoms with E-state index in [0.717, 1.165) is 24.0 Å². The van der Waals surface area contributed by atoms with Crippen LogP contribution in [0.1, 0.15) is 55.8 Å². The van der Waals surface area contributed by atoms with E-state index in [1.807, 2.05) is 12.1 Å². The summed E-state index contributed by atoms with van der Waals surface area (Å²) in [5.74, 6) is -2.16. The summed E-state index contributed by atoms with van der Waals surface area (Å²) in [5, 5.41) is 0. The largest absolute Gasteiger partial charge is 0.516 e. The van der Waals surface area contributed by atoms with E-state index in [1.165, 1.54) is 12.1 Å². The molecule has 0 atom stereocenters. The summed E-state index contributed by atoms with van der Waals surface area (Å²) in [5.41, 5.74) is 2.80. The lowest BCUT2D eigenvalue weighted by Crippen LogP contribution is -2.21. The van der Waals surface area contributed by atoms with Crippen LogP contribution >= 0.6 is 0 Å². The Bertz CT molecular complexity index is 1150. The Morgan fingerprint density at radius 2 is 0.972 bits per heavy atom. The van der Waals surface area contributed by atoms with Gasteiger partial charge in [0.2, 0.25) is 0 Å². The molecule has 8 heteroatoms. The molecule has 4 rings (SSSR count). The second kappa shape index (κ2) is 11.8. The molecule has 0 bridgehead atoms. The number of hydrogen-bond acceptors (Lipinski definition) is 8. The second-order valence-corrected chi connectivity index (χ2v) is 8.20. The lowest BCUT2D eigenvalue weighted by Gasteiger charge is -2.18. The monoisotopic (exact) mass is 488 g/mol. The Labute approximate surface area is 207 Å². The highest BCUT2D eigenvalue weighted by molar-refractivity contribution is 6.07. The fourth-order valence-electron chi connectivity index (χ4n) is 3.88. The molecule has 1 aliphatic rings. The standard InChI is InChI=1S/C28H24O8/c29-25(35-27(31)33-17-19-9-3-1-4-10-19)23-15-21-13-7-8-14-22(21)16-24(23)26(30)36-28(32)34-18-20-11-5-2-6-12-20/h1-6,9-12,15-16H,7-8,13-14,17-18H2. The molecule has 36 heavy (non-hydrogen) atoms. The molecule has 0 aliphatic heterocycles. The molecular weight excluding hydrogens is 464 g/mol. The van der Waals surface area contributed by atoms with Crippen LogP contribution in [0.2, 0.25) is 0 Å². The number of carbonyl (C=O) groups excluding carboxylic acids is 4. The van der Waals surface area contributed by atoms with Crippen molar-refractivity contribution in [1.82, 2.24) is 0 Å². The first-order chi connectivity index (χ1) is 17.5. The average molecular weight is 488 g/mol. The molecule has 0 saturated heterocycles. The minimum Gasteiger partial charge on any atom is -0.429 e. The third kappa shape index (κ3) is 6.56. The Balaban J connectivity index is 1.45. The minimum absolute atomic E-state index is 0.0840. The van der Waals surface area contributed by atoms with Crippen molar-refractivity contribution in [3.05, 3.63) is 106 Å². The quantitative estimate of drug-likeness (QED) is 0.328. The van der Waals surface area contributed by atoms with E-state index in [1.54, 1.807) is 48.5 Å². The number of fused-ring (bicyclic) bond motifs is 1. The number of hydrogen-bond donors (Lipinski definition) is 0. The zero-order valence-corrected chi connectivity index (χ0v) is 19.4. The highest BCUT2D eigenvalue weighted by atomic mass is 16.7. The molecule has 0 saturated carbocycles. The number of carbonyl (C=O) groups is 4. The van der Waals surface area contributed by atoms with Gasteiger partial charge >= 0.3 is 24.2 Å². The molecule has 0 spiro atoms. The van der Waals surface area contributed by atoms with Gasteiger partial charge in [-0.25, -0.2) is 19.2 Å². The van der Waals surface area contributed by atoms with Crippen LogP contribution in [0.15, 0.2) is 72.8 Å². The third-order valence-corrected chi connectivity index (χ3v) is 5.67. The summed E-state index contributed by atoms with van der Waals surface area (Å²) < 4.78 is 19.7. The van der Waals surface area contributed by atoms with Crippen molar-refractivity contribution in [1.29, 1.82) is 0 Å². The molecule has 0 fully saturated rings. The van der Waals surface area contributed by atoms with Crippen LogP contribution in [-0.4, -0.2) is 24.2 Å². The topological polar surface area (TPSA) is 105 Å². The molecule has 3 aromatic carbocycles. The molecule has 1 aliphatic carbocycles. The first-order valence-electron chi connectivity index (χ1n) is 11.5. The third-order valence-electron chi connectivity index (χ3n) is 5.67. The van der Waals surface area contributed by atoms with Crippen LogP contribution in [0.5, 0.6) is 0 Å². The molecule has 0 heterocycles. The van der Waals surface area contributed by atoms with E-state index < -0.39 is 24.2 Å². The van der Waals surface area contributed by atoms with Crippen LogP contribution < -0.4 is 0 Å². The Morgan fingerprint density at radius 3 is 1.36 bits per heavy atom. The first-order valence-corrected chi connectivity index (χ1v) is 11.5. The van der Waals surface area contributed by atoms with Crippen LogP contribution in [0.25, 0.3) is 0 Å². The van der Waals surface area contributed by atoms with E-state index in [4.69, 9.17) is 18.9 Å². The van der Waals surface area contributed by atoms with E-state index in [9.17, 15) is 19.2 Å². The summed E-state index contributed by atoms with van der Waals surface area (Å²) in [4.78, 5) is 49.9. The number of ether oxygens (including phenoxy) is 4. The fraction of sp³-hybridized carbons (Fsp3) is 0.214. The van der Waals surface area contributed by atoms with Gasteiger partial charge < -0.3 is 18.9 Å². The lowest BCUT2D eigenvalue weighted by atomic mass is 9.88. The number of esters is 2. The van der Waals surface area contributed by atoms with Crippen LogP contribution in [0.4, 0.5) is 9.59 Å². The number of rotatable bonds is 6. The van der Waals surface area contributed by atoms with Gasteiger partial charge in [0.15, 0.2) is 0 Å². The lowest BCUT2D eigenvalue weighted by molar-refractivity contribution is 0.0315. The molecule has 8 nitrogen and oxygen atoms in total. The van der Waals surface area contributed by atoms with Crippen molar-refractivity contribution in [2.24, 2.45) is 0 Å². The van der Waals surface area contributed by atoms with Gasteiger partial charge in [-0.2, -0.15) is 0 Å². The Hall–Kier alpha value is -4.46. The summed E-state index contributed by atoms with van der Waals surface area (Å²) >= 11 is 0. The van der Waals surface area contributed by atoms with E-state index in [-0.39, 0.29) is 24.3 Å². The zero-order chi connectivity index (χ0) is 25.3. The second-order valence-electron chi connectivity index (χ2n) is 8.20. The van der Waals surface area contributed by atoms with Gasteiger partial charge in [-0.15, -0.1) is 0 Å². The highest BCUT2D eigenvalue weighted by Crippen LogP contribution is 2.26. The van der Waals surface area contributed by atoms with Gasteiger partial charge in [0.25, 0.3) is 0 Å². The zero-order valence-electron chi connectivity index (χ0n) is 19.4. The summed E-state index contributed by atoms with van der Waals surface area (Å²) in [6.45, 7) is -0.168. The van der Waals surface area contributed by atoms with Gasteiger partial charge in [0.1, 0.15) is 13.2 Å². The highest BCUT2D eigenvalue weighted by Gasteiger charge is 2.27. The molecule has 0 N–H and O–H groups in total. The molecule has 184 valence electrons. The van der Waals surface area contributed by atoms with Gasteiger partial charge in [-0.3, -0.25) is 0 Å². The van der Waals surface area contributed by atoms with Crippen molar-refractivity contribution in [2.75, 3.05) is 0 Å². The van der Waals surface area contributed by atoms with E-state index in [0.29, 0.717) is 24.0 Å². The van der Waals surface area contributed by atoms with Crippen molar-refractivity contribution in [2.45, 2.75) is 38.9 Å². The summed E-state index contributed by atoms with van der Waals surface area (Å²) in [6.07, 6.45) is 0.864. The van der Waals surface area contributed by atoms with Crippen molar-refractivity contribution < 1.29 is 38.1 Å². The summed E-state index contributed by atoms with van der Waals surface area (Å²) in [6, 6.07) is 20.8. The molecule has 3 aromatic rings. The van der Waals surface area contributed by atoms with Crippen molar-refractivity contribution >= 4 is 24.2 Å². The van der Waals surface area contributed by atoms with E-state index in [2.05, 4.69) is 0 Å². The van der Waals surface area contributed by atoms with Crippen molar-refractivity contribution in [3.8, 4) is 0 Å². The maximum atomic E-state index is 12.8. The molecule has 0 aromatic heterocycles. The van der Waals surface area contributed by atoms with Gasteiger partial charge in [0, 0.05) is 0 Å². The minimum atomic E-state index is -1.21. The van der Waals surface area contributed by atoms with Gasteiger partial charge in [-0.1, -0.05) is 60.7 Å². The van der Waals surface area contributed by atoms with Crippen LogP contribution in [-0.2, 0) is 45.0 Å². The average Bonchev–Trinajstić information content (AvgIpc) is 2.91. The maximum absolute atomic E-state index is 12.8. The molecular formula is C28H24O8. The Morgan fingerprint density at radius 1 is 0.583 bits per heavy atom. The van der Waals surface area contributed by atoms with Gasteiger partial charge in [0.05, 0.1) is 11.1 Å². The predicted octanol–water partition coefficient (Wildman–Crippen LogP) is 5.55.